The van der Waals surface area contributed by atoms with Gasteiger partial charge in [0, 0.05) is 25.2 Å². The number of amides is 1. The molecule has 1 aromatic carbocycles. The average Bonchev–Trinajstić information content (AvgIpc) is 2.60. The van der Waals surface area contributed by atoms with Crippen LogP contribution in [0.25, 0.3) is 0 Å². The molecule has 1 amide bonds. The molecule has 1 aliphatic heterocycles. The number of carbonyl (C=O) groups excluding carboxylic acids is 1. The third kappa shape index (κ3) is 4.00. The Balaban J connectivity index is 2.24. The Morgan fingerprint density at radius 1 is 1.28 bits per heavy atom. The Morgan fingerprint density at radius 3 is 2.40 bits per heavy atom. The maximum Gasteiger partial charge on any atom is 0.328 e. The van der Waals surface area contributed by atoms with Crippen LogP contribution in [0.1, 0.15) is 24.2 Å². The molecule has 0 saturated carbocycles. The van der Waals surface area contributed by atoms with Crippen molar-refractivity contribution in [1.82, 2.24) is 9.21 Å². The predicted molar refractivity (Wildman–Crippen MR) is 89.8 cm³/mol. The molecule has 1 aliphatic rings. The van der Waals surface area contributed by atoms with Crippen LogP contribution < -0.4 is 0 Å². The topological polar surface area (TPSA) is 104 Å². The van der Waals surface area contributed by atoms with Crippen molar-refractivity contribution < 1.29 is 27.9 Å². The molecule has 1 atom stereocenters. The minimum atomic E-state index is -3.64. The summed E-state index contributed by atoms with van der Waals surface area (Å²) in [7, 11) is -2.15. The van der Waals surface area contributed by atoms with Crippen molar-refractivity contribution in [3.63, 3.8) is 0 Å². The van der Waals surface area contributed by atoms with Crippen molar-refractivity contribution in [2.75, 3.05) is 26.8 Å². The smallest absolute Gasteiger partial charge is 0.328 e. The fraction of sp³-hybridized carbons (Fsp3) is 0.500. The summed E-state index contributed by atoms with van der Waals surface area (Å²) in [5, 5.41) is 9.21. The summed E-state index contributed by atoms with van der Waals surface area (Å²) in [6.45, 7) is 3.90. The Labute approximate surface area is 147 Å². The zero-order valence-corrected chi connectivity index (χ0v) is 15.2. The van der Waals surface area contributed by atoms with E-state index in [9.17, 15) is 23.1 Å². The summed E-state index contributed by atoms with van der Waals surface area (Å²) >= 11 is 0. The van der Waals surface area contributed by atoms with Gasteiger partial charge in [0.25, 0.3) is 5.91 Å². The van der Waals surface area contributed by atoms with Gasteiger partial charge in [0.2, 0.25) is 10.0 Å². The zero-order valence-electron chi connectivity index (χ0n) is 14.4. The zero-order chi connectivity index (χ0) is 18.8. The summed E-state index contributed by atoms with van der Waals surface area (Å²) in [6.07, 6.45) is 0. The Bertz CT molecular complexity index is 744. The van der Waals surface area contributed by atoms with E-state index in [0.717, 1.165) is 0 Å². The number of ether oxygens (including phenoxy) is 1. The van der Waals surface area contributed by atoms with Gasteiger partial charge in [0.05, 0.1) is 18.1 Å². The lowest BCUT2D eigenvalue weighted by Crippen LogP contribution is -2.52. The number of aliphatic carboxylic acids is 1. The SMILES string of the molecule is CC(C)N(C)S(=O)(=O)c1ccc(C(=O)N2CCOCC2C(=O)O)cc1. The number of nitrogens with zero attached hydrogens (tertiary/aromatic N) is 2. The van der Waals surface area contributed by atoms with E-state index in [0.29, 0.717) is 0 Å². The molecule has 8 nitrogen and oxygen atoms in total. The molecule has 0 spiro atoms. The third-order valence-electron chi connectivity index (χ3n) is 4.18. The molecule has 0 aliphatic carbocycles. The van der Waals surface area contributed by atoms with Crippen LogP contribution in [0.5, 0.6) is 0 Å². The van der Waals surface area contributed by atoms with Crippen LogP contribution in [-0.4, -0.2) is 73.5 Å². The van der Waals surface area contributed by atoms with Crippen LogP contribution in [0.3, 0.4) is 0 Å². The van der Waals surface area contributed by atoms with Gasteiger partial charge in [-0.1, -0.05) is 0 Å². The maximum absolute atomic E-state index is 12.6. The van der Waals surface area contributed by atoms with Crippen LogP contribution in [-0.2, 0) is 19.6 Å². The van der Waals surface area contributed by atoms with Gasteiger partial charge in [-0.2, -0.15) is 4.31 Å². The molecule has 2 rings (SSSR count). The predicted octanol–water partition coefficient (Wildman–Crippen LogP) is 0.641. The fourth-order valence-electron chi connectivity index (χ4n) is 2.43. The minimum absolute atomic E-state index is 0.0628. The highest BCUT2D eigenvalue weighted by atomic mass is 32.2. The van der Waals surface area contributed by atoms with E-state index < -0.39 is 27.9 Å². The van der Waals surface area contributed by atoms with Gasteiger partial charge in [-0.05, 0) is 38.1 Å². The number of carbonyl (C=O) groups is 2. The first-order valence-electron chi connectivity index (χ1n) is 7.86. The van der Waals surface area contributed by atoms with Crippen molar-refractivity contribution in [3.8, 4) is 0 Å². The number of hydrogen-bond acceptors (Lipinski definition) is 5. The van der Waals surface area contributed by atoms with Gasteiger partial charge >= 0.3 is 5.97 Å². The van der Waals surface area contributed by atoms with Gasteiger partial charge < -0.3 is 14.7 Å². The molecule has 1 fully saturated rings. The molecule has 1 heterocycles. The van der Waals surface area contributed by atoms with Gasteiger partial charge in [0.15, 0.2) is 6.04 Å². The largest absolute Gasteiger partial charge is 0.480 e. The first-order valence-corrected chi connectivity index (χ1v) is 9.30. The number of carboxylic acid groups (broad SMARTS) is 1. The van der Waals surface area contributed by atoms with Crippen molar-refractivity contribution in [2.45, 2.75) is 30.8 Å². The molecule has 9 heteroatoms. The molecule has 1 saturated heterocycles. The molecular weight excluding hydrogens is 348 g/mol. The number of carboxylic acids is 1. The van der Waals surface area contributed by atoms with E-state index in [1.807, 2.05) is 0 Å². The summed E-state index contributed by atoms with van der Waals surface area (Å²) in [5.41, 5.74) is 0.235. The summed E-state index contributed by atoms with van der Waals surface area (Å²) in [4.78, 5) is 25.1. The highest BCUT2D eigenvalue weighted by Gasteiger charge is 2.33. The molecule has 0 aromatic heterocycles. The molecule has 0 radical (unpaired) electrons. The Hall–Kier alpha value is -1.97. The van der Waals surface area contributed by atoms with E-state index in [1.54, 1.807) is 13.8 Å². The molecule has 0 bridgehead atoms. The van der Waals surface area contributed by atoms with Gasteiger partial charge in [-0.15, -0.1) is 0 Å². The summed E-state index contributed by atoms with van der Waals surface area (Å²) in [5.74, 6) is -1.59. The van der Waals surface area contributed by atoms with Crippen LogP contribution in [0.2, 0.25) is 0 Å². The normalized spacial score (nSPS) is 18.6. The molecular formula is C16H22N2O6S. The third-order valence-corrected chi connectivity index (χ3v) is 6.23. The molecule has 25 heavy (non-hydrogen) atoms. The maximum atomic E-state index is 12.6. The van der Waals surface area contributed by atoms with Crippen molar-refractivity contribution >= 4 is 21.9 Å². The second kappa shape index (κ2) is 7.51. The van der Waals surface area contributed by atoms with E-state index in [2.05, 4.69) is 0 Å². The molecule has 1 aromatic rings. The Morgan fingerprint density at radius 2 is 1.88 bits per heavy atom. The van der Waals surface area contributed by atoms with E-state index in [4.69, 9.17) is 4.74 Å². The first kappa shape index (κ1) is 19.4. The number of rotatable bonds is 5. The number of benzene rings is 1. The second-order valence-electron chi connectivity index (χ2n) is 6.07. The van der Waals surface area contributed by atoms with Crippen LogP contribution in [0, 0.1) is 0 Å². The van der Waals surface area contributed by atoms with E-state index in [-0.39, 0.29) is 36.3 Å². The quantitative estimate of drug-likeness (QED) is 0.816. The van der Waals surface area contributed by atoms with Crippen LogP contribution in [0.15, 0.2) is 29.2 Å². The molecule has 1 unspecified atom stereocenters. The Kier molecular flexibility index (Phi) is 5.81. The lowest BCUT2D eigenvalue weighted by Gasteiger charge is -2.32. The van der Waals surface area contributed by atoms with Crippen LogP contribution >= 0.6 is 0 Å². The van der Waals surface area contributed by atoms with E-state index >= 15 is 0 Å². The van der Waals surface area contributed by atoms with Crippen molar-refractivity contribution in [2.24, 2.45) is 0 Å². The minimum Gasteiger partial charge on any atom is -0.480 e. The summed E-state index contributed by atoms with van der Waals surface area (Å²) < 4.78 is 31.2. The van der Waals surface area contributed by atoms with Gasteiger partial charge in [0.1, 0.15) is 0 Å². The highest BCUT2D eigenvalue weighted by Crippen LogP contribution is 2.19. The average molecular weight is 370 g/mol. The number of morpholine rings is 1. The lowest BCUT2D eigenvalue weighted by atomic mass is 10.1. The van der Waals surface area contributed by atoms with E-state index in [1.165, 1.54) is 40.5 Å². The summed E-state index contributed by atoms with van der Waals surface area (Å²) in [6, 6.07) is 4.28. The standard InChI is InChI=1S/C16H22N2O6S/c1-11(2)17(3)25(22,23)13-6-4-12(5-7-13)15(19)18-8-9-24-10-14(18)16(20)21/h4-7,11,14H,8-10H2,1-3H3,(H,20,21). The second-order valence-corrected chi connectivity index (χ2v) is 8.06. The fourth-order valence-corrected chi connectivity index (χ4v) is 3.80. The number of sulfonamides is 1. The van der Waals surface area contributed by atoms with Gasteiger partial charge in [-0.3, -0.25) is 4.79 Å². The molecule has 138 valence electrons. The highest BCUT2D eigenvalue weighted by molar-refractivity contribution is 7.89. The first-order chi connectivity index (χ1) is 11.7. The lowest BCUT2D eigenvalue weighted by molar-refractivity contribution is -0.147. The number of hydrogen-bond donors (Lipinski definition) is 1. The van der Waals surface area contributed by atoms with Crippen LogP contribution in [0.4, 0.5) is 0 Å². The monoisotopic (exact) mass is 370 g/mol. The van der Waals surface area contributed by atoms with Gasteiger partial charge in [-0.25, -0.2) is 13.2 Å². The van der Waals surface area contributed by atoms with Crippen molar-refractivity contribution in [1.29, 1.82) is 0 Å². The molecule has 1 N–H and O–H groups in total. The van der Waals surface area contributed by atoms with Crippen molar-refractivity contribution in [3.05, 3.63) is 29.8 Å².